The molecular formula is C30H54O4. The van der Waals surface area contributed by atoms with Gasteiger partial charge in [0.1, 0.15) is 6.10 Å². The zero-order valence-corrected chi connectivity index (χ0v) is 22.4. The van der Waals surface area contributed by atoms with Crippen molar-refractivity contribution < 1.29 is 19.4 Å². The van der Waals surface area contributed by atoms with E-state index >= 15 is 0 Å². The van der Waals surface area contributed by atoms with Gasteiger partial charge in [0.05, 0.1) is 0 Å². The molecule has 0 bridgehead atoms. The van der Waals surface area contributed by atoms with Crippen molar-refractivity contribution in [3.63, 3.8) is 0 Å². The van der Waals surface area contributed by atoms with Gasteiger partial charge in [-0.05, 0) is 70.3 Å². The highest BCUT2D eigenvalue weighted by Gasteiger charge is 2.11. The number of carbonyl (C=O) groups excluding carboxylic acids is 1. The molecule has 0 aromatic rings. The highest BCUT2D eigenvalue weighted by atomic mass is 16.5. The largest absolute Gasteiger partial charge is 0.481 e. The number of rotatable bonds is 25. The summed E-state index contributed by atoms with van der Waals surface area (Å²) in [5.74, 6) is -0.805. The van der Waals surface area contributed by atoms with E-state index in [1.807, 2.05) is 0 Å². The molecule has 0 radical (unpaired) electrons. The van der Waals surface area contributed by atoms with Crippen molar-refractivity contribution in [2.75, 3.05) is 0 Å². The second-order valence-electron chi connectivity index (χ2n) is 9.57. The zero-order valence-electron chi connectivity index (χ0n) is 22.4. The third-order valence-corrected chi connectivity index (χ3v) is 6.13. The fraction of sp³-hybridized carbons (Fsp3) is 0.800. The normalized spacial score (nSPS) is 12.5. The number of hydrogen-bond acceptors (Lipinski definition) is 3. The number of carboxylic acids is 1. The predicted octanol–water partition coefficient (Wildman–Crippen LogP) is 9.33. The van der Waals surface area contributed by atoms with Crippen molar-refractivity contribution in [2.24, 2.45) is 0 Å². The van der Waals surface area contributed by atoms with Crippen molar-refractivity contribution >= 4 is 11.9 Å². The maximum absolute atomic E-state index is 12.4. The van der Waals surface area contributed by atoms with Gasteiger partial charge in [0, 0.05) is 12.8 Å². The van der Waals surface area contributed by atoms with E-state index in [0.29, 0.717) is 6.42 Å². The Morgan fingerprint density at radius 2 is 1.15 bits per heavy atom. The van der Waals surface area contributed by atoms with E-state index < -0.39 is 5.97 Å². The molecule has 0 amide bonds. The van der Waals surface area contributed by atoms with Gasteiger partial charge in [0.15, 0.2) is 0 Å². The van der Waals surface area contributed by atoms with E-state index in [2.05, 4.69) is 38.2 Å². The molecule has 0 saturated heterocycles. The Morgan fingerprint density at radius 3 is 1.76 bits per heavy atom. The smallest absolute Gasteiger partial charge is 0.306 e. The third kappa shape index (κ3) is 25.1. The lowest BCUT2D eigenvalue weighted by Gasteiger charge is -2.15. The van der Waals surface area contributed by atoms with Crippen molar-refractivity contribution in [1.29, 1.82) is 0 Å². The van der Waals surface area contributed by atoms with Crippen LogP contribution in [0.3, 0.4) is 0 Å². The molecule has 34 heavy (non-hydrogen) atoms. The Labute approximate surface area is 210 Å². The van der Waals surface area contributed by atoms with Gasteiger partial charge in [0.2, 0.25) is 0 Å². The Kier molecular flexibility index (Phi) is 24.8. The average molecular weight is 479 g/mol. The summed E-state index contributed by atoms with van der Waals surface area (Å²) in [6, 6.07) is 0. The minimum absolute atomic E-state index is 0.0795. The number of esters is 1. The van der Waals surface area contributed by atoms with Crippen LogP contribution in [0.1, 0.15) is 149 Å². The molecule has 4 nitrogen and oxygen atoms in total. The van der Waals surface area contributed by atoms with E-state index in [1.54, 1.807) is 0 Å². The molecule has 0 rings (SSSR count). The van der Waals surface area contributed by atoms with E-state index in [1.165, 1.54) is 70.6 Å². The van der Waals surface area contributed by atoms with E-state index in [0.717, 1.165) is 51.4 Å². The summed E-state index contributed by atoms with van der Waals surface area (Å²) in [4.78, 5) is 23.0. The first kappa shape index (κ1) is 32.4. The number of ether oxygens (including phenoxy) is 1. The molecule has 0 aliphatic carbocycles. The van der Waals surface area contributed by atoms with Crippen LogP contribution in [0.25, 0.3) is 0 Å². The summed E-state index contributed by atoms with van der Waals surface area (Å²) in [5.41, 5.74) is 0. The van der Waals surface area contributed by atoms with Crippen LogP contribution in [0.2, 0.25) is 0 Å². The lowest BCUT2D eigenvalue weighted by atomic mass is 10.1. The highest BCUT2D eigenvalue weighted by Crippen LogP contribution is 2.14. The average Bonchev–Trinajstić information content (AvgIpc) is 2.81. The summed E-state index contributed by atoms with van der Waals surface area (Å²) in [5, 5.41) is 8.73. The minimum Gasteiger partial charge on any atom is -0.481 e. The number of unbranched alkanes of at least 4 members (excludes halogenated alkanes) is 14. The van der Waals surface area contributed by atoms with Gasteiger partial charge >= 0.3 is 11.9 Å². The van der Waals surface area contributed by atoms with Crippen molar-refractivity contribution in [1.82, 2.24) is 0 Å². The molecular weight excluding hydrogens is 424 g/mol. The fourth-order valence-electron chi connectivity index (χ4n) is 3.97. The number of allylic oxidation sites excluding steroid dienone is 3. The summed E-state index contributed by atoms with van der Waals surface area (Å²) in [7, 11) is 0. The third-order valence-electron chi connectivity index (χ3n) is 6.13. The molecule has 0 aliphatic heterocycles. The van der Waals surface area contributed by atoms with Crippen molar-refractivity contribution in [3.8, 4) is 0 Å². The number of hydrogen-bond donors (Lipinski definition) is 1. The van der Waals surface area contributed by atoms with Crippen LogP contribution in [0.15, 0.2) is 24.3 Å². The monoisotopic (exact) mass is 478 g/mol. The van der Waals surface area contributed by atoms with Crippen LogP contribution in [-0.4, -0.2) is 23.1 Å². The predicted molar refractivity (Wildman–Crippen MR) is 144 cm³/mol. The maximum atomic E-state index is 12.4. The van der Waals surface area contributed by atoms with Crippen LogP contribution < -0.4 is 0 Å². The van der Waals surface area contributed by atoms with Gasteiger partial charge in [-0.2, -0.15) is 0 Å². The van der Waals surface area contributed by atoms with Crippen LogP contribution in [0.4, 0.5) is 0 Å². The van der Waals surface area contributed by atoms with Crippen molar-refractivity contribution in [3.05, 3.63) is 24.3 Å². The maximum Gasteiger partial charge on any atom is 0.306 e. The lowest BCUT2D eigenvalue weighted by molar-refractivity contribution is -0.147. The summed E-state index contributed by atoms with van der Waals surface area (Å²) in [6.45, 7) is 4.44. The van der Waals surface area contributed by atoms with Crippen LogP contribution in [0.5, 0.6) is 0 Å². The van der Waals surface area contributed by atoms with Gasteiger partial charge in [-0.1, -0.05) is 89.9 Å². The Morgan fingerprint density at radius 1 is 0.647 bits per heavy atom. The Bertz CT molecular complexity index is 524. The van der Waals surface area contributed by atoms with Crippen molar-refractivity contribution in [2.45, 2.75) is 155 Å². The zero-order chi connectivity index (χ0) is 25.1. The molecule has 0 fully saturated rings. The summed E-state index contributed by atoms with van der Waals surface area (Å²) in [6.07, 6.45) is 30.6. The highest BCUT2D eigenvalue weighted by molar-refractivity contribution is 5.69. The Hall–Kier alpha value is -1.58. The molecule has 0 spiro atoms. The van der Waals surface area contributed by atoms with E-state index in [9.17, 15) is 9.59 Å². The summed E-state index contributed by atoms with van der Waals surface area (Å²) >= 11 is 0. The minimum atomic E-state index is -0.725. The SMILES string of the molecule is CCCCC/C=C\CCCCCCCC(=O)OC(/C=C\CCCCC)CCCCCCC(=O)O. The topological polar surface area (TPSA) is 63.6 Å². The molecule has 0 saturated carbocycles. The summed E-state index contributed by atoms with van der Waals surface area (Å²) < 4.78 is 5.77. The van der Waals surface area contributed by atoms with E-state index in [4.69, 9.17) is 9.84 Å². The Balaban J connectivity index is 4.00. The molecule has 0 aromatic carbocycles. The molecule has 1 unspecified atom stereocenters. The standard InChI is InChI=1S/C30H54O4/c1-3-5-7-9-10-11-12-13-14-15-17-23-27-30(33)34-28(24-20-16-8-6-4-2)25-21-18-19-22-26-29(31)32/h10-11,20,24,28H,3-9,12-19,21-23,25-27H2,1-2H3,(H,31,32)/b11-10-,24-20-. The molecule has 1 N–H and O–H groups in total. The molecule has 0 aromatic heterocycles. The molecule has 1 atom stereocenters. The first-order valence-electron chi connectivity index (χ1n) is 14.3. The fourth-order valence-corrected chi connectivity index (χ4v) is 3.97. The van der Waals surface area contributed by atoms with Gasteiger partial charge < -0.3 is 9.84 Å². The number of carbonyl (C=O) groups is 2. The molecule has 0 aliphatic rings. The first-order valence-corrected chi connectivity index (χ1v) is 14.3. The second-order valence-corrected chi connectivity index (χ2v) is 9.57. The van der Waals surface area contributed by atoms with Gasteiger partial charge in [-0.3, -0.25) is 9.59 Å². The second kappa shape index (κ2) is 26.0. The van der Waals surface area contributed by atoms with Gasteiger partial charge in [-0.25, -0.2) is 0 Å². The first-order chi connectivity index (χ1) is 16.6. The molecule has 4 heteroatoms. The molecule has 0 heterocycles. The lowest BCUT2D eigenvalue weighted by Crippen LogP contribution is -2.16. The van der Waals surface area contributed by atoms with E-state index in [-0.39, 0.29) is 18.5 Å². The molecule has 198 valence electrons. The van der Waals surface area contributed by atoms with Crippen LogP contribution in [-0.2, 0) is 14.3 Å². The van der Waals surface area contributed by atoms with Crippen LogP contribution in [0, 0.1) is 0 Å². The van der Waals surface area contributed by atoms with Crippen LogP contribution >= 0.6 is 0 Å². The number of carboxylic acid groups (broad SMARTS) is 1. The quantitative estimate of drug-likeness (QED) is 0.0806. The number of aliphatic carboxylic acids is 1. The van der Waals surface area contributed by atoms with Gasteiger partial charge in [-0.15, -0.1) is 0 Å². The van der Waals surface area contributed by atoms with Gasteiger partial charge in [0.25, 0.3) is 0 Å².